The van der Waals surface area contributed by atoms with E-state index < -0.39 is 0 Å². The van der Waals surface area contributed by atoms with Gasteiger partial charge in [0.2, 0.25) is 0 Å². The van der Waals surface area contributed by atoms with E-state index in [-0.39, 0.29) is 5.91 Å². The molecule has 0 atom stereocenters. The zero-order valence-electron chi connectivity index (χ0n) is 11.5. The monoisotopic (exact) mass is 380 g/mol. The molecule has 1 amide bonds. The fourth-order valence-corrected chi connectivity index (χ4v) is 2.28. The van der Waals surface area contributed by atoms with Crippen LogP contribution in [0, 0.1) is 10.5 Å². The Balaban J connectivity index is 2.22. The van der Waals surface area contributed by atoms with Gasteiger partial charge < -0.3 is 10.6 Å². The third kappa shape index (κ3) is 3.72. The molecule has 2 rings (SSSR count). The number of benzene rings is 2. The topological polar surface area (TPSA) is 41.1 Å². The number of hydrogen-bond acceptors (Lipinski definition) is 2. The second-order valence-corrected chi connectivity index (χ2v) is 5.79. The highest BCUT2D eigenvalue weighted by molar-refractivity contribution is 14.1. The third-order valence-electron chi connectivity index (χ3n) is 2.89. The number of amides is 1. The smallest absolute Gasteiger partial charge is 0.257 e. The highest BCUT2D eigenvalue weighted by Crippen LogP contribution is 2.19. The Morgan fingerprint density at radius 1 is 1.15 bits per heavy atom. The lowest BCUT2D eigenvalue weighted by molar-refractivity contribution is 0.102. The molecular formula is C16H17IN2O. The number of anilines is 2. The van der Waals surface area contributed by atoms with Gasteiger partial charge in [-0.1, -0.05) is 6.07 Å². The molecule has 0 aliphatic rings. The fourth-order valence-electron chi connectivity index (χ4n) is 1.92. The number of rotatable bonds is 4. The maximum atomic E-state index is 12.4. The Hall–Kier alpha value is -1.56. The van der Waals surface area contributed by atoms with Crippen LogP contribution in [-0.4, -0.2) is 12.5 Å². The highest BCUT2D eigenvalue weighted by Gasteiger charge is 2.11. The van der Waals surface area contributed by atoms with Crippen LogP contribution in [0.25, 0.3) is 0 Å². The van der Waals surface area contributed by atoms with Gasteiger partial charge in [0.25, 0.3) is 5.91 Å². The zero-order valence-corrected chi connectivity index (χ0v) is 13.7. The van der Waals surface area contributed by atoms with Gasteiger partial charge in [-0.05, 0) is 78.4 Å². The van der Waals surface area contributed by atoms with E-state index in [1.165, 1.54) is 0 Å². The molecule has 104 valence electrons. The molecule has 0 aliphatic heterocycles. The second-order valence-electron chi connectivity index (χ2n) is 4.54. The summed E-state index contributed by atoms with van der Waals surface area (Å²) in [6.07, 6.45) is 0. The number of nitrogens with one attached hydrogen (secondary N) is 2. The Bertz CT molecular complexity index is 608. The van der Waals surface area contributed by atoms with Crippen molar-refractivity contribution in [2.75, 3.05) is 17.2 Å². The van der Waals surface area contributed by atoms with Crippen molar-refractivity contribution in [3.63, 3.8) is 0 Å². The molecular weight excluding hydrogens is 363 g/mol. The van der Waals surface area contributed by atoms with E-state index in [1.54, 1.807) is 0 Å². The van der Waals surface area contributed by atoms with Gasteiger partial charge in [-0.15, -0.1) is 0 Å². The van der Waals surface area contributed by atoms with Gasteiger partial charge >= 0.3 is 0 Å². The van der Waals surface area contributed by atoms with E-state index in [2.05, 4.69) is 33.2 Å². The van der Waals surface area contributed by atoms with Gasteiger partial charge in [0, 0.05) is 21.5 Å². The zero-order chi connectivity index (χ0) is 14.5. The minimum Gasteiger partial charge on any atom is -0.385 e. The van der Waals surface area contributed by atoms with Gasteiger partial charge in [-0.25, -0.2) is 0 Å². The van der Waals surface area contributed by atoms with Crippen LogP contribution in [0.1, 0.15) is 22.8 Å². The standard InChI is InChI=1S/C16H17IN2O/c1-3-18-15-10-11(2)4-9-14(15)16(20)19-13-7-5-12(17)6-8-13/h4-10,18H,3H2,1-2H3,(H,19,20). The van der Waals surface area contributed by atoms with Crippen LogP contribution in [0.2, 0.25) is 0 Å². The molecule has 0 aliphatic carbocycles. The summed E-state index contributed by atoms with van der Waals surface area (Å²) in [7, 11) is 0. The normalized spacial score (nSPS) is 10.2. The summed E-state index contributed by atoms with van der Waals surface area (Å²) >= 11 is 2.24. The van der Waals surface area contributed by atoms with Crippen molar-refractivity contribution < 1.29 is 4.79 Å². The largest absolute Gasteiger partial charge is 0.385 e. The Kier molecular flexibility index (Phi) is 5.00. The molecule has 0 saturated heterocycles. The molecule has 2 aromatic carbocycles. The lowest BCUT2D eigenvalue weighted by Gasteiger charge is -2.12. The van der Waals surface area contributed by atoms with Crippen molar-refractivity contribution in [2.24, 2.45) is 0 Å². The van der Waals surface area contributed by atoms with Crippen molar-refractivity contribution in [3.05, 3.63) is 57.2 Å². The Morgan fingerprint density at radius 3 is 2.50 bits per heavy atom. The van der Waals surface area contributed by atoms with Crippen molar-refractivity contribution >= 4 is 39.9 Å². The molecule has 2 N–H and O–H groups in total. The average Bonchev–Trinajstić information content (AvgIpc) is 2.42. The molecule has 0 bridgehead atoms. The predicted molar refractivity (Wildman–Crippen MR) is 92.5 cm³/mol. The van der Waals surface area contributed by atoms with E-state index in [0.29, 0.717) is 5.56 Å². The van der Waals surface area contributed by atoms with Gasteiger partial charge in [0.15, 0.2) is 0 Å². The minimum atomic E-state index is -0.0952. The SMILES string of the molecule is CCNc1cc(C)ccc1C(=O)Nc1ccc(I)cc1. The summed E-state index contributed by atoms with van der Waals surface area (Å²) < 4.78 is 1.14. The lowest BCUT2D eigenvalue weighted by atomic mass is 10.1. The summed E-state index contributed by atoms with van der Waals surface area (Å²) in [5, 5.41) is 6.15. The third-order valence-corrected chi connectivity index (χ3v) is 3.61. The number of halogens is 1. The summed E-state index contributed by atoms with van der Waals surface area (Å²) in [6.45, 7) is 4.82. The minimum absolute atomic E-state index is 0.0952. The Morgan fingerprint density at radius 2 is 1.85 bits per heavy atom. The molecule has 4 heteroatoms. The maximum Gasteiger partial charge on any atom is 0.257 e. The quantitative estimate of drug-likeness (QED) is 0.778. The van der Waals surface area contributed by atoms with Crippen LogP contribution in [0.3, 0.4) is 0 Å². The van der Waals surface area contributed by atoms with Crippen LogP contribution in [-0.2, 0) is 0 Å². The van der Waals surface area contributed by atoms with E-state index in [1.807, 2.05) is 56.3 Å². The maximum absolute atomic E-state index is 12.4. The van der Waals surface area contributed by atoms with Gasteiger partial charge in [-0.2, -0.15) is 0 Å². The van der Waals surface area contributed by atoms with Crippen molar-refractivity contribution in [3.8, 4) is 0 Å². The second kappa shape index (κ2) is 6.74. The van der Waals surface area contributed by atoms with Crippen LogP contribution in [0.5, 0.6) is 0 Å². The van der Waals surface area contributed by atoms with Crippen LogP contribution < -0.4 is 10.6 Å². The fraction of sp³-hybridized carbons (Fsp3) is 0.188. The van der Waals surface area contributed by atoms with Crippen LogP contribution >= 0.6 is 22.6 Å². The molecule has 0 fully saturated rings. The molecule has 0 radical (unpaired) electrons. The van der Waals surface area contributed by atoms with Crippen LogP contribution in [0.4, 0.5) is 11.4 Å². The molecule has 20 heavy (non-hydrogen) atoms. The number of carbonyl (C=O) groups is 1. The highest BCUT2D eigenvalue weighted by atomic mass is 127. The van der Waals surface area contributed by atoms with E-state index in [4.69, 9.17) is 0 Å². The molecule has 0 unspecified atom stereocenters. The Labute approximate surface area is 132 Å². The van der Waals surface area contributed by atoms with Gasteiger partial charge in [-0.3, -0.25) is 4.79 Å². The summed E-state index contributed by atoms with van der Waals surface area (Å²) in [5.41, 5.74) is 3.47. The van der Waals surface area contributed by atoms with E-state index in [9.17, 15) is 4.79 Å². The van der Waals surface area contributed by atoms with Gasteiger partial charge in [0.1, 0.15) is 0 Å². The summed E-state index contributed by atoms with van der Waals surface area (Å²) in [5.74, 6) is -0.0952. The van der Waals surface area contributed by atoms with Crippen molar-refractivity contribution in [1.29, 1.82) is 0 Å². The molecule has 2 aromatic rings. The number of carbonyl (C=O) groups excluding carboxylic acids is 1. The molecule has 3 nitrogen and oxygen atoms in total. The summed E-state index contributed by atoms with van der Waals surface area (Å²) in [6, 6.07) is 13.5. The molecule has 0 spiro atoms. The number of aryl methyl sites for hydroxylation is 1. The first-order valence-electron chi connectivity index (χ1n) is 6.51. The molecule has 0 heterocycles. The molecule has 0 saturated carbocycles. The van der Waals surface area contributed by atoms with Crippen molar-refractivity contribution in [1.82, 2.24) is 0 Å². The van der Waals surface area contributed by atoms with Crippen molar-refractivity contribution in [2.45, 2.75) is 13.8 Å². The first-order chi connectivity index (χ1) is 9.60. The van der Waals surface area contributed by atoms with Gasteiger partial charge in [0.05, 0.1) is 5.56 Å². The summed E-state index contributed by atoms with van der Waals surface area (Å²) in [4.78, 5) is 12.4. The van der Waals surface area contributed by atoms with Crippen LogP contribution in [0.15, 0.2) is 42.5 Å². The first kappa shape index (κ1) is 14.8. The van der Waals surface area contributed by atoms with E-state index >= 15 is 0 Å². The van der Waals surface area contributed by atoms with E-state index in [0.717, 1.165) is 27.1 Å². The predicted octanol–water partition coefficient (Wildman–Crippen LogP) is 4.28. The molecule has 0 aromatic heterocycles. The first-order valence-corrected chi connectivity index (χ1v) is 7.59. The lowest BCUT2D eigenvalue weighted by Crippen LogP contribution is -2.15. The number of hydrogen-bond donors (Lipinski definition) is 2. The average molecular weight is 380 g/mol.